The summed E-state index contributed by atoms with van der Waals surface area (Å²) in [6.45, 7) is 3.12. The highest BCUT2D eigenvalue weighted by atomic mass is 127. The van der Waals surface area contributed by atoms with Crippen molar-refractivity contribution in [1.82, 2.24) is 10.2 Å². The third-order valence-corrected chi connectivity index (χ3v) is 2.79. The van der Waals surface area contributed by atoms with Gasteiger partial charge in [0.15, 0.2) is 5.96 Å². The molecule has 0 saturated heterocycles. The molecule has 8 heteroatoms. The summed E-state index contributed by atoms with van der Waals surface area (Å²) >= 11 is 0. The molecule has 1 N–H and O–H groups in total. The number of ether oxygens (including phenoxy) is 1. The van der Waals surface area contributed by atoms with Crippen LogP contribution in [-0.2, 0) is 0 Å². The SMILES string of the molecule is CCNC(=NCCC(F)(F)F)N(C)CCOc1ccccc1.I. The summed E-state index contributed by atoms with van der Waals surface area (Å²) in [4.78, 5) is 5.73. The predicted octanol–water partition coefficient (Wildman–Crippen LogP) is 3.53. The molecule has 1 rings (SSSR count). The fourth-order valence-corrected chi connectivity index (χ4v) is 1.68. The molecule has 0 spiro atoms. The lowest BCUT2D eigenvalue weighted by molar-refractivity contribution is -0.132. The molecule has 0 unspecified atom stereocenters. The lowest BCUT2D eigenvalue weighted by Gasteiger charge is -2.22. The van der Waals surface area contributed by atoms with Gasteiger partial charge in [-0.05, 0) is 19.1 Å². The minimum atomic E-state index is -4.18. The van der Waals surface area contributed by atoms with Gasteiger partial charge in [-0.15, -0.1) is 24.0 Å². The van der Waals surface area contributed by atoms with Gasteiger partial charge in [0, 0.05) is 13.6 Å². The Morgan fingerprint density at radius 3 is 2.48 bits per heavy atom. The molecule has 1 aromatic carbocycles. The van der Waals surface area contributed by atoms with E-state index in [1.807, 2.05) is 37.3 Å². The minimum absolute atomic E-state index is 0. The summed E-state index contributed by atoms with van der Waals surface area (Å²) in [7, 11) is 1.77. The van der Waals surface area contributed by atoms with Crippen LogP contribution in [0.4, 0.5) is 13.2 Å². The van der Waals surface area contributed by atoms with Gasteiger partial charge in [0.25, 0.3) is 0 Å². The summed E-state index contributed by atoms with van der Waals surface area (Å²) < 4.78 is 42.0. The van der Waals surface area contributed by atoms with Crippen molar-refractivity contribution in [2.24, 2.45) is 4.99 Å². The van der Waals surface area contributed by atoms with E-state index in [1.165, 1.54) is 0 Å². The Morgan fingerprint density at radius 2 is 1.91 bits per heavy atom. The fraction of sp³-hybridized carbons (Fsp3) is 0.533. The Balaban J connectivity index is 0.00000484. The third kappa shape index (κ3) is 10.2. The summed E-state index contributed by atoms with van der Waals surface area (Å²) in [6.07, 6.45) is -5.11. The molecule has 1 aromatic rings. The quantitative estimate of drug-likeness (QED) is 0.397. The highest BCUT2D eigenvalue weighted by Gasteiger charge is 2.26. The lowest BCUT2D eigenvalue weighted by Crippen LogP contribution is -2.41. The van der Waals surface area contributed by atoms with Crippen molar-refractivity contribution < 1.29 is 17.9 Å². The molecule has 4 nitrogen and oxygen atoms in total. The topological polar surface area (TPSA) is 36.9 Å². The van der Waals surface area contributed by atoms with Gasteiger partial charge in [-0.25, -0.2) is 0 Å². The number of aliphatic imine (C=N–C) groups is 1. The maximum Gasteiger partial charge on any atom is 0.390 e. The van der Waals surface area contributed by atoms with Gasteiger partial charge in [0.1, 0.15) is 12.4 Å². The highest BCUT2D eigenvalue weighted by molar-refractivity contribution is 14.0. The van der Waals surface area contributed by atoms with Crippen molar-refractivity contribution in [3.05, 3.63) is 30.3 Å². The number of halogens is 4. The number of para-hydroxylation sites is 1. The van der Waals surface area contributed by atoms with Crippen LogP contribution in [0.25, 0.3) is 0 Å². The first-order valence-electron chi connectivity index (χ1n) is 7.16. The summed E-state index contributed by atoms with van der Waals surface area (Å²) in [6, 6.07) is 9.35. The van der Waals surface area contributed by atoms with Crippen molar-refractivity contribution in [2.45, 2.75) is 19.5 Å². The van der Waals surface area contributed by atoms with E-state index in [0.29, 0.717) is 25.7 Å². The van der Waals surface area contributed by atoms with Crippen LogP contribution in [0.15, 0.2) is 35.3 Å². The van der Waals surface area contributed by atoms with E-state index in [4.69, 9.17) is 4.74 Å². The normalized spacial score (nSPS) is 11.6. The second-order valence-electron chi connectivity index (χ2n) is 4.68. The number of nitrogens with zero attached hydrogens (tertiary/aromatic N) is 2. The molecular weight excluding hydrogens is 422 g/mol. The summed E-state index contributed by atoms with van der Waals surface area (Å²) in [5.41, 5.74) is 0. The van der Waals surface area contributed by atoms with Gasteiger partial charge in [-0.3, -0.25) is 4.99 Å². The molecule has 0 bridgehead atoms. The van der Waals surface area contributed by atoms with E-state index >= 15 is 0 Å². The molecule has 0 saturated carbocycles. The van der Waals surface area contributed by atoms with Crippen molar-refractivity contribution in [2.75, 3.05) is 33.3 Å². The van der Waals surface area contributed by atoms with Crippen LogP contribution in [0.1, 0.15) is 13.3 Å². The molecule has 0 fully saturated rings. The van der Waals surface area contributed by atoms with E-state index in [-0.39, 0.29) is 30.5 Å². The van der Waals surface area contributed by atoms with Crippen LogP contribution in [0.5, 0.6) is 5.75 Å². The number of alkyl halides is 3. The van der Waals surface area contributed by atoms with Gasteiger partial charge in [0.05, 0.1) is 19.5 Å². The molecule has 0 heterocycles. The molecule has 23 heavy (non-hydrogen) atoms. The third-order valence-electron chi connectivity index (χ3n) is 2.79. The Hall–Kier alpha value is -1.19. The number of benzene rings is 1. The molecule has 0 aliphatic rings. The number of hydrogen-bond donors (Lipinski definition) is 1. The number of hydrogen-bond acceptors (Lipinski definition) is 2. The molecule has 132 valence electrons. The molecule has 0 aliphatic heterocycles. The Labute approximate surface area is 152 Å². The number of likely N-dealkylation sites (N-methyl/N-ethyl adjacent to an activating group) is 1. The Bertz CT molecular complexity index is 455. The molecular formula is C15H23F3IN3O. The van der Waals surface area contributed by atoms with Gasteiger partial charge in [0.2, 0.25) is 0 Å². The monoisotopic (exact) mass is 445 g/mol. The van der Waals surface area contributed by atoms with Crippen LogP contribution in [0.2, 0.25) is 0 Å². The molecule has 0 atom stereocenters. The van der Waals surface area contributed by atoms with Gasteiger partial charge in [-0.2, -0.15) is 13.2 Å². The van der Waals surface area contributed by atoms with E-state index in [1.54, 1.807) is 11.9 Å². The maximum absolute atomic E-state index is 12.2. The van der Waals surface area contributed by atoms with Crippen molar-refractivity contribution in [3.63, 3.8) is 0 Å². The van der Waals surface area contributed by atoms with Crippen LogP contribution < -0.4 is 10.1 Å². The second kappa shape index (κ2) is 11.4. The van der Waals surface area contributed by atoms with Gasteiger partial charge in [-0.1, -0.05) is 18.2 Å². The molecule has 0 aliphatic carbocycles. The van der Waals surface area contributed by atoms with E-state index in [0.717, 1.165) is 5.75 Å². The average molecular weight is 445 g/mol. The van der Waals surface area contributed by atoms with Gasteiger partial charge >= 0.3 is 6.18 Å². The summed E-state index contributed by atoms with van der Waals surface area (Å²) in [5, 5.41) is 2.97. The first-order chi connectivity index (χ1) is 10.4. The molecule has 0 amide bonds. The largest absolute Gasteiger partial charge is 0.492 e. The smallest absolute Gasteiger partial charge is 0.390 e. The Kier molecular flexibility index (Phi) is 10.8. The molecule has 0 radical (unpaired) electrons. The lowest BCUT2D eigenvalue weighted by atomic mass is 10.3. The first-order valence-corrected chi connectivity index (χ1v) is 7.16. The fourth-order valence-electron chi connectivity index (χ4n) is 1.68. The van der Waals surface area contributed by atoms with Crippen LogP contribution in [-0.4, -0.2) is 50.3 Å². The minimum Gasteiger partial charge on any atom is -0.492 e. The second-order valence-corrected chi connectivity index (χ2v) is 4.68. The predicted molar refractivity (Wildman–Crippen MR) is 96.6 cm³/mol. The number of guanidine groups is 1. The van der Waals surface area contributed by atoms with Crippen molar-refractivity contribution >= 4 is 29.9 Å². The van der Waals surface area contributed by atoms with Gasteiger partial charge < -0.3 is 15.0 Å². The van der Waals surface area contributed by atoms with E-state index in [9.17, 15) is 13.2 Å². The van der Waals surface area contributed by atoms with E-state index in [2.05, 4.69) is 10.3 Å². The van der Waals surface area contributed by atoms with Crippen molar-refractivity contribution in [1.29, 1.82) is 0 Å². The highest BCUT2D eigenvalue weighted by Crippen LogP contribution is 2.18. The number of nitrogens with one attached hydrogen (secondary N) is 1. The van der Waals surface area contributed by atoms with Crippen LogP contribution >= 0.6 is 24.0 Å². The zero-order valence-corrected chi connectivity index (χ0v) is 15.6. The number of rotatable bonds is 7. The zero-order chi connectivity index (χ0) is 16.4. The maximum atomic E-state index is 12.2. The first kappa shape index (κ1) is 21.8. The average Bonchev–Trinajstić information content (AvgIpc) is 2.46. The Morgan fingerprint density at radius 1 is 1.26 bits per heavy atom. The summed E-state index contributed by atoms with van der Waals surface area (Å²) in [5.74, 6) is 1.21. The zero-order valence-electron chi connectivity index (χ0n) is 13.3. The van der Waals surface area contributed by atoms with Crippen LogP contribution in [0, 0.1) is 0 Å². The van der Waals surface area contributed by atoms with Crippen LogP contribution in [0.3, 0.4) is 0 Å². The van der Waals surface area contributed by atoms with Crippen molar-refractivity contribution in [3.8, 4) is 5.75 Å². The standard InChI is InChI=1S/C15H22F3N3O.HI/c1-3-19-14(20-10-9-15(16,17)18)21(2)11-12-22-13-7-5-4-6-8-13;/h4-8H,3,9-12H2,1-2H3,(H,19,20);1H. The molecule has 0 aromatic heterocycles. The van der Waals surface area contributed by atoms with E-state index < -0.39 is 12.6 Å².